The first-order valence-corrected chi connectivity index (χ1v) is 7.90. The Labute approximate surface area is 123 Å². The zero-order valence-electron chi connectivity index (χ0n) is 12.1. The lowest BCUT2D eigenvalue weighted by atomic mass is 10.1. The summed E-state index contributed by atoms with van der Waals surface area (Å²) in [7, 11) is 1.75. The second-order valence-corrected chi connectivity index (χ2v) is 6.02. The second-order valence-electron chi connectivity index (χ2n) is 4.95. The van der Waals surface area contributed by atoms with Crippen LogP contribution in [0.15, 0.2) is 0 Å². The Balaban J connectivity index is 1.72. The summed E-state index contributed by atoms with van der Waals surface area (Å²) in [6, 6.07) is 0. The first kappa shape index (κ1) is 15.3. The van der Waals surface area contributed by atoms with Crippen LogP contribution in [0.25, 0.3) is 0 Å². The summed E-state index contributed by atoms with van der Waals surface area (Å²) in [5, 5.41) is 12.3. The molecule has 1 atom stereocenters. The van der Waals surface area contributed by atoms with Crippen molar-refractivity contribution in [3.8, 4) is 0 Å². The largest absolute Gasteiger partial charge is 0.380 e. The van der Waals surface area contributed by atoms with E-state index in [1.807, 2.05) is 6.92 Å². The van der Waals surface area contributed by atoms with Crippen LogP contribution in [-0.2, 0) is 16.0 Å². The van der Waals surface area contributed by atoms with Crippen LogP contribution in [0.3, 0.4) is 0 Å². The van der Waals surface area contributed by atoms with Gasteiger partial charge >= 0.3 is 0 Å². The predicted molar refractivity (Wildman–Crippen MR) is 79.0 cm³/mol. The molecule has 6 nitrogen and oxygen atoms in total. The third-order valence-electron chi connectivity index (χ3n) is 3.47. The number of carbonyl (C=O) groups is 1. The summed E-state index contributed by atoms with van der Waals surface area (Å²) in [5.74, 6) is 0.00310. The van der Waals surface area contributed by atoms with Gasteiger partial charge in [-0.3, -0.25) is 4.79 Å². The number of nitrogens with zero attached hydrogens (tertiary/aromatic N) is 3. The van der Waals surface area contributed by atoms with Crippen LogP contribution in [0, 0.1) is 0 Å². The molecule has 2 rings (SSSR count). The fourth-order valence-corrected chi connectivity index (χ4v) is 2.99. The summed E-state index contributed by atoms with van der Waals surface area (Å²) < 4.78 is 5.38. The molecule has 112 valence electrons. The van der Waals surface area contributed by atoms with E-state index in [0.29, 0.717) is 17.7 Å². The number of aromatic nitrogens is 2. The molecule has 1 N–H and O–H groups in total. The first-order chi connectivity index (χ1) is 9.71. The number of hydrogen-bond donors (Lipinski definition) is 1. The zero-order chi connectivity index (χ0) is 14.4. The number of ether oxygens (including phenoxy) is 1. The van der Waals surface area contributed by atoms with Crippen LogP contribution in [-0.4, -0.2) is 53.9 Å². The molecule has 1 saturated heterocycles. The summed E-state index contributed by atoms with van der Waals surface area (Å²) >= 11 is 1.44. The molecule has 2 heterocycles. The zero-order valence-corrected chi connectivity index (χ0v) is 12.9. The molecular weight excluding hydrogens is 276 g/mol. The van der Waals surface area contributed by atoms with E-state index in [1.54, 1.807) is 7.11 Å². The molecule has 20 heavy (non-hydrogen) atoms. The van der Waals surface area contributed by atoms with Crippen molar-refractivity contribution in [2.75, 3.05) is 32.1 Å². The van der Waals surface area contributed by atoms with Crippen molar-refractivity contribution in [2.45, 2.75) is 38.7 Å². The van der Waals surface area contributed by atoms with Crippen molar-refractivity contribution in [2.24, 2.45) is 0 Å². The number of nitrogens with one attached hydrogen (secondary N) is 1. The van der Waals surface area contributed by atoms with Gasteiger partial charge in [0.1, 0.15) is 5.01 Å². The van der Waals surface area contributed by atoms with Gasteiger partial charge in [0, 0.05) is 26.6 Å². The molecule has 0 aromatic carbocycles. The molecule has 0 aliphatic carbocycles. The summed E-state index contributed by atoms with van der Waals surface area (Å²) in [5.41, 5.74) is 0. The van der Waals surface area contributed by atoms with E-state index < -0.39 is 0 Å². The maximum absolute atomic E-state index is 11.9. The fraction of sp³-hybridized carbons (Fsp3) is 0.769. The minimum Gasteiger partial charge on any atom is -0.380 e. The number of piperidine rings is 1. The lowest BCUT2D eigenvalue weighted by Crippen LogP contribution is -2.40. The minimum absolute atomic E-state index is 0.00310. The quantitative estimate of drug-likeness (QED) is 0.863. The maximum Gasteiger partial charge on any atom is 0.227 e. The highest BCUT2D eigenvalue weighted by molar-refractivity contribution is 7.15. The van der Waals surface area contributed by atoms with E-state index in [-0.39, 0.29) is 5.91 Å². The van der Waals surface area contributed by atoms with Crippen LogP contribution >= 0.6 is 11.3 Å². The number of aryl methyl sites for hydroxylation is 1. The highest BCUT2D eigenvalue weighted by Gasteiger charge is 2.19. The van der Waals surface area contributed by atoms with Crippen molar-refractivity contribution in [3.05, 3.63) is 5.01 Å². The van der Waals surface area contributed by atoms with Gasteiger partial charge in [-0.15, -0.1) is 10.2 Å². The van der Waals surface area contributed by atoms with Crippen molar-refractivity contribution in [1.82, 2.24) is 15.1 Å². The van der Waals surface area contributed by atoms with Gasteiger partial charge < -0.3 is 15.0 Å². The first-order valence-electron chi connectivity index (χ1n) is 7.08. The topological polar surface area (TPSA) is 67.4 Å². The van der Waals surface area contributed by atoms with Gasteiger partial charge in [0.05, 0.1) is 6.10 Å². The Kier molecular flexibility index (Phi) is 5.87. The number of methoxy groups -OCH3 is 1. The van der Waals surface area contributed by atoms with E-state index in [9.17, 15) is 4.79 Å². The number of hydrogen-bond acceptors (Lipinski definition) is 6. The number of anilines is 1. The fourth-order valence-electron chi connectivity index (χ4n) is 2.30. The van der Waals surface area contributed by atoms with Gasteiger partial charge in [-0.05, 0) is 25.8 Å². The van der Waals surface area contributed by atoms with Crippen LogP contribution in [0.2, 0.25) is 0 Å². The number of rotatable bonds is 6. The van der Waals surface area contributed by atoms with Gasteiger partial charge in [0.15, 0.2) is 0 Å². The Morgan fingerprint density at radius 3 is 3.10 bits per heavy atom. The molecule has 0 saturated carbocycles. The highest BCUT2D eigenvalue weighted by atomic mass is 32.1. The third-order valence-corrected chi connectivity index (χ3v) is 4.45. The molecule has 1 aromatic heterocycles. The van der Waals surface area contributed by atoms with Crippen molar-refractivity contribution in [1.29, 1.82) is 0 Å². The van der Waals surface area contributed by atoms with Crippen molar-refractivity contribution in [3.63, 3.8) is 0 Å². The Morgan fingerprint density at radius 2 is 2.40 bits per heavy atom. The van der Waals surface area contributed by atoms with Gasteiger partial charge in [-0.1, -0.05) is 18.3 Å². The van der Waals surface area contributed by atoms with Gasteiger partial charge in [0.2, 0.25) is 11.0 Å². The van der Waals surface area contributed by atoms with Gasteiger partial charge in [-0.2, -0.15) is 0 Å². The van der Waals surface area contributed by atoms with Crippen LogP contribution in [0.4, 0.5) is 5.13 Å². The van der Waals surface area contributed by atoms with Crippen LogP contribution in [0.1, 0.15) is 31.2 Å². The average Bonchev–Trinajstić information content (AvgIpc) is 2.93. The SMILES string of the molecule is CCc1nnc(NC(=O)CCN2CCC[C@@H](OC)C2)s1. The second kappa shape index (κ2) is 7.66. The molecule has 1 aliphatic rings. The van der Waals surface area contributed by atoms with E-state index >= 15 is 0 Å². The molecule has 0 unspecified atom stereocenters. The molecule has 0 spiro atoms. The standard InChI is InChI=1S/C13H22N4O2S/c1-3-12-15-16-13(20-12)14-11(18)6-8-17-7-4-5-10(9-17)19-2/h10H,3-9H2,1-2H3,(H,14,16,18)/t10-/m1/s1. The number of likely N-dealkylation sites (tertiary alicyclic amines) is 1. The average molecular weight is 298 g/mol. The Morgan fingerprint density at radius 1 is 1.55 bits per heavy atom. The third kappa shape index (κ3) is 4.50. The molecular formula is C13H22N4O2S. The minimum atomic E-state index is 0.00310. The van der Waals surface area contributed by atoms with Crippen molar-refractivity contribution < 1.29 is 9.53 Å². The van der Waals surface area contributed by atoms with Crippen molar-refractivity contribution >= 4 is 22.4 Å². The highest BCUT2D eigenvalue weighted by Crippen LogP contribution is 2.16. The Bertz CT molecular complexity index is 438. The summed E-state index contributed by atoms with van der Waals surface area (Å²) in [6.07, 6.45) is 3.89. The monoisotopic (exact) mass is 298 g/mol. The smallest absolute Gasteiger partial charge is 0.227 e. The number of carbonyl (C=O) groups excluding carboxylic acids is 1. The maximum atomic E-state index is 11.9. The molecule has 1 amide bonds. The van der Waals surface area contributed by atoms with Gasteiger partial charge in [0.25, 0.3) is 0 Å². The molecule has 1 aromatic rings. The molecule has 0 bridgehead atoms. The molecule has 1 fully saturated rings. The Hall–Kier alpha value is -1.05. The predicted octanol–water partition coefficient (Wildman–Crippen LogP) is 1.54. The molecule has 1 aliphatic heterocycles. The van der Waals surface area contributed by atoms with E-state index in [1.165, 1.54) is 11.3 Å². The van der Waals surface area contributed by atoms with Crippen LogP contribution in [0.5, 0.6) is 0 Å². The lowest BCUT2D eigenvalue weighted by Gasteiger charge is -2.31. The van der Waals surface area contributed by atoms with E-state index in [4.69, 9.17) is 4.74 Å². The lowest BCUT2D eigenvalue weighted by molar-refractivity contribution is -0.116. The molecule has 7 heteroatoms. The normalized spacial score (nSPS) is 20.0. The molecule has 0 radical (unpaired) electrons. The summed E-state index contributed by atoms with van der Waals surface area (Å²) in [4.78, 5) is 14.2. The van der Waals surface area contributed by atoms with Crippen LogP contribution < -0.4 is 5.32 Å². The van der Waals surface area contributed by atoms with E-state index in [0.717, 1.165) is 43.9 Å². The van der Waals surface area contributed by atoms with E-state index in [2.05, 4.69) is 20.4 Å². The summed E-state index contributed by atoms with van der Waals surface area (Å²) in [6.45, 7) is 4.76. The number of amides is 1. The van der Waals surface area contributed by atoms with Gasteiger partial charge in [-0.25, -0.2) is 0 Å².